The van der Waals surface area contributed by atoms with Gasteiger partial charge in [0.2, 0.25) is 11.8 Å². The van der Waals surface area contributed by atoms with Crippen LogP contribution in [-0.2, 0) is 22.7 Å². The summed E-state index contributed by atoms with van der Waals surface area (Å²) in [5, 5.41) is 6.66. The average Bonchev–Trinajstić information content (AvgIpc) is 3.12. The first kappa shape index (κ1) is 23.4. The fraction of sp³-hybridized carbons (Fsp3) is 0.571. The molecule has 3 rings (SSSR count). The molecule has 2 N–H and O–H groups in total. The van der Waals surface area contributed by atoms with Crippen LogP contribution in [0.1, 0.15) is 43.7 Å². The van der Waals surface area contributed by atoms with Gasteiger partial charge in [0, 0.05) is 58.7 Å². The highest BCUT2D eigenvalue weighted by Crippen LogP contribution is 2.22. The molecule has 0 radical (unpaired) electrons. The van der Waals surface area contributed by atoms with Crippen LogP contribution < -0.4 is 10.6 Å². The summed E-state index contributed by atoms with van der Waals surface area (Å²) in [5.41, 5.74) is 2.51. The number of carbonyl (C=O) groups is 2. The molecule has 1 unspecified atom stereocenters. The molecular formula is C21H32IN5O2. The van der Waals surface area contributed by atoms with E-state index in [9.17, 15) is 9.59 Å². The number of halogens is 1. The second kappa shape index (κ2) is 11.4. The molecule has 1 atom stereocenters. The van der Waals surface area contributed by atoms with Crippen molar-refractivity contribution in [1.29, 1.82) is 0 Å². The van der Waals surface area contributed by atoms with E-state index >= 15 is 0 Å². The number of carbonyl (C=O) groups excluding carboxylic acids is 2. The van der Waals surface area contributed by atoms with Crippen LogP contribution in [0.2, 0.25) is 0 Å². The van der Waals surface area contributed by atoms with E-state index in [1.165, 1.54) is 11.1 Å². The van der Waals surface area contributed by atoms with Gasteiger partial charge in [0.15, 0.2) is 5.96 Å². The molecule has 1 aromatic carbocycles. The lowest BCUT2D eigenvalue weighted by Gasteiger charge is -2.31. The minimum Gasteiger partial charge on any atom is -0.357 e. The van der Waals surface area contributed by atoms with Crippen molar-refractivity contribution in [2.24, 2.45) is 4.99 Å². The maximum atomic E-state index is 12.5. The number of rotatable bonds is 6. The van der Waals surface area contributed by atoms with Gasteiger partial charge in [-0.05, 0) is 30.9 Å². The van der Waals surface area contributed by atoms with E-state index in [4.69, 9.17) is 0 Å². The summed E-state index contributed by atoms with van der Waals surface area (Å²) in [6.45, 7) is 5.54. The number of likely N-dealkylation sites (N-methyl/N-ethyl adjacent to an activating group) is 1. The summed E-state index contributed by atoms with van der Waals surface area (Å²) in [6, 6.07) is 8.45. The normalized spacial score (nSPS) is 18.9. The SMILES string of the molecule is CCNC(=NCCCC(=O)N1Cc2ccccc2C1)NC1CCC(=O)N(C)C1.I. The lowest BCUT2D eigenvalue weighted by Crippen LogP contribution is -2.51. The van der Waals surface area contributed by atoms with E-state index < -0.39 is 0 Å². The molecule has 160 valence electrons. The van der Waals surface area contributed by atoms with Gasteiger partial charge in [-0.15, -0.1) is 24.0 Å². The Labute approximate surface area is 190 Å². The van der Waals surface area contributed by atoms with Gasteiger partial charge in [-0.25, -0.2) is 0 Å². The first-order valence-corrected chi connectivity index (χ1v) is 10.2. The van der Waals surface area contributed by atoms with Crippen molar-refractivity contribution in [3.05, 3.63) is 35.4 Å². The topological polar surface area (TPSA) is 77.0 Å². The van der Waals surface area contributed by atoms with Gasteiger partial charge in [-0.3, -0.25) is 14.6 Å². The van der Waals surface area contributed by atoms with E-state index in [0.29, 0.717) is 25.9 Å². The Morgan fingerprint density at radius 3 is 2.55 bits per heavy atom. The number of hydrogen-bond donors (Lipinski definition) is 2. The van der Waals surface area contributed by atoms with Gasteiger partial charge in [-0.2, -0.15) is 0 Å². The number of benzene rings is 1. The minimum absolute atomic E-state index is 0. The smallest absolute Gasteiger partial charge is 0.223 e. The summed E-state index contributed by atoms with van der Waals surface area (Å²) in [4.78, 5) is 32.4. The largest absolute Gasteiger partial charge is 0.357 e. The Morgan fingerprint density at radius 1 is 1.24 bits per heavy atom. The van der Waals surface area contributed by atoms with Gasteiger partial charge in [0.1, 0.15) is 0 Å². The molecule has 1 saturated heterocycles. The highest BCUT2D eigenvalue weighted by Gasteiger charge is 2.24. The molecule has 1 aromatic rings. The fourth-order valence-corrected chi connectivity index (χ4v) is 3.73. The van der Waals surface area contributed by atoms with Crippen molar-refractivity contribution < 1.29 is 9.59 Å². The van der Waals surface area contributed by atoms with Crippen LogP contribution in [0.25, 0.3) is 0 Å². The molecule has 1 fully saturated rings. The molecule has 8 heteroatoms. The highest BCUT2D eigenvalue weighted by molar-refractivity contribution is 14.0. The van der Waals surface area contributed by atoms with Crippen molar-refractivity contribution in [1.82, 2.24) is 20.4 Å². The minimum atomic E-state index is 0. The maximum absolute atomic E-state index is 12.5. The first-order valence-electron chi connectivity index (χ1n) is 10.2. The van der Waals surface area contributed by atoms with Crippen molar-refractivity contribution in [2.45, 2.75) is 51.7 Å². The van der Waals surface area contributed by atoms with Crippen LogP contribution in [0.5, 0.6) is 0 Å². The maximum Gasteiger partial charge on any atom is 0.223 e. The molecule has 29 heavy (non-hydrogen) atoms. The Kier molecular flexibility index (Phi) is 9.19. The Balaban J connectivity index is 0.00000300. The van der Waals surface area contributed by atoms with Crippen LogP contribution in [0.3, 0.4) is 0 Å². The van der Waals surface area contributed by atoms with Crippen LogP contribution >= 0.6 is 24.0 Å². The number of fused-ring (bicyclic) bond motifs is 1. The third-order valence-electron chi connectivity index (χ3n) is 5.32. The predicted octanol–water partition coefficient (Wildman–Crippen LogP) is 2.10. The number of guanidine groups is 1. The summed E-state index contributed by atoms with van der Waals surface area (Å²) in [6.07, 6.45) is 2.63. The summed E-state index contributed by atoms with van der Waals surface area (Å²) < 4.78 is 0. The zero-order chi connectivity index (χ0) is 19.9. The lowest BCUT2D eigenvalue weighted by molar-refractivity contribution is -0.132. The molecule has 0 saturated carbocycles. The molecule has 0 spiro atoms. The Hall–Kier alpha value is -1.84. The summed E-state index contributed by atoms with van der Waals surface area (Å²) in [5.74, 6) is 1.15. The van der Waals surface area contributed by atoms with Crippen LogP contribution in [-0.4, -0.2) is 60.3 Å². The van der Waals surface area contributed by atoms with Gasteiger partial charge in [-0.1, -0.05) is 24.3 Å². The Bertz CT molecular complexity index is 715. The van der Waals surface area contributed by atoms with Gasteiger partial charge >= 0.3 is 0 Å². The van der Waals surface area contributed by atoms with E-state index in [1.54, 1.807) is 4.90 Å². The number of hydrogen-bond acceptors (Lipinski definition) is 3. The monoisotopic (exact) mass is 513 g/mol. The molecule has 0 aliphatic carbocycles. The average molecular weight is 513 g/mol. The molecule has 0 aromatic heterocycles. The summed E-state index contributed by atoms with van der Waals surface area (Å²) in [7, 11) is 1.84. The van der Waals surface area contributed by atoms with Crippen LogP contribution in [0.15, 0.2) is 29.3 Å². The second-order valence-electron chi connectivity index (χ2n) is 7.54. The van der Waals surface area contributed by atoms with Crippen molar-refractivity contribution in [2.75, 3.05) is 26.7 Å². The van der Waals surface area contributed by atoms with Crippen LogP contribution in [0, 0.1) is 0 Å². The zero-order valence-electron chi connectivity index (χ0n) is 17.3. The number of aliphatic imine (C=N–C) groups is 1. The quantitative estimate of drug-likeness (QED) is 0.265. The summed E-state index contributed by atoms with van der Waals surface area (Å²) >= 11 is 0. The zero-order valence-corrected chi connectivity index (χ0v) is 19.6. The van der Waals surface area contributed by atoms with E-state index in [-0.39, 0.29) is 41.8 Å². The molecule has 0 bridgehead atoms. The lowest BCUT2D eigenvalue weighted by atomic mass is 10.1. The van der Waals surface area contributed by atoms with Crippen molar-refractivity contribution in [3.63, 3.8) is 0 Å². The number of amides is 2. The van der Waals surface area contributed by atoms with Crippen molar-refractivity contribution >= 4 is 41.8 Å². The number of piperidine rings is 1. The second-order valence-corrected chi connectivity index (χ2v) is 7.54. The van der Waals surface area contributed by atoms with Gasteiger partial charge < -0.3 is 20.4 Å². The predicted molar refractivity (Wildman–Crippen MR) is 125 cm³/mol. The first-order chi connectivity index (χ1) is 13.6. The third kappa shape index (κ3) is 6.58. The fourth-order valence-electron chi connectivity index (χ4n) is 3.73. The molecule has 2 aliphatic heterocycles. The van der Waals surface area contributed by atoms with Gasteiger partial charge in [0.25, 0.3) is 0 Å². The highest BCUT2D eigenvalue weighted by atomic mass is 127. The molecule has 7 nitrogen and oxygen atoms in total. The molecular weight excluding hydrogens is 481 g/mol. The molecule has 2 amide bonds. The van der Waals surface area contributed by atoms with E-state index in [1.807, 2.05) is 31.0 Å². The van der Waals surface area contributed by atoms with E-state index in [0.717, 1.165) is 38.4 Å². The third-order valence-corrected chi connectivity index (χ3v) is 5.32. The van der Waals surface area contributed by atoms with Crippen LogP contribution in [0.4, 0.5) is 0 Å². The molecule has 2 heterocycles. The number of nitrogens with one attached hydrogen (secondary N) is 2. The van der Waals surface area contributed by atoms with Crippen molar-refractivity contribution in [3.8, 4) is 0 Å². The number of likely N-dealkylation sites (tertiary alicyclic amines) is 1. The van der Waals surface area contributed by atoms with Gasteiger partial charge in [0.05, 0.1) is 0 Å². The Morgan fingerprint density at radius 2 is 1.93 bits per heavy atom. The standard InChI is InChI=1S/C21H31N5O2.HI/c1-3-22-21(24-18-10-11-19(27)25(2)15-18)23-12-6-9-20(28)26-13-16-7-4-5-8-17(16)14-26;/h4-5,7-8,18H,3,6,9-15H2,1-2H3,(H2,22,23,24);1H. The number of nitrogens with zero attached hydrogens (tertiary/aromatic N) is 3. The van der Waals surface area contributed by atoms with E-state index in [2.05, 4.69) is 27.8 Å². The molecule has 2 aliphatic rings.